The number of para-hydroxylation sites is 1. The maximum absolute atomic E-state index is 15.4. The van der Waals surface area contributed by atoms with Gasteiger partial charge in [-0.25, -0.2) is 9.36 Å². The first-order valence-electron chi connectivity index (χ1n) is 15.0. The molecule has 0 saturated carbocycles. The molecule has 19 heteroatoms. The number of anilines is 1. The summed E-state index contributed by atoms with van der Waals surface area (Å²) in [7, 11) is -0.429. The summed E-state index contributed by atoms with van der Waals surface area (Å²) < 4.78 is 81.9. The molecule has 1 aliphatic heterocycles. The Morgan fingerprint density at radius 2 is 1.68 bits per heavy atom. The second-order valence-corrected chi connectivity index (χ2v) is 12.7. The van der Waals surface area contributed by atoms with Crippen molar-refractivity contribution in [2.75, 3.05) is 33.3 Å². The van der Waals surface area contributed by atoms with Crippen LogP contribution < -0.4 is 34.8 Å². The first kappa shape index (κ1) is 38.2. The molecule has 3 N–H and O–H groups in total. The van der Waals surface area contributed by atoms with Gasteiger partial charge in [0.25, 0.3) is 5.91 Å². The van der Waals surface area contributed by atoms with Gasteiger partial charge in [0.2, 0.25) is 6.23 Å². The van der Waals surface area contributed by atoms with E-state index >= 15 is 8.78 Å². The van der Waals surface area contributed by atoms with Gasteiger partial charge in [0.15, 0.2) is 17.6 Å². The van der Waals surface area contributed by atoms with Gasteiger partial charge in [0.1, 0.15) is 29.5 Å². The summed E-state index contributed by atoms with van der Waals surface area (Å²) in [6, 6.07) is 10.3. The number of benzene rings is 2. The molecule has 1 saturated heterocycles. The fourth-order valence-corrected chi connectivity index (χ4v) is 6.17. The van der Waals surface area contributed by atoms with Gasteiger partial charge < -0.3 is 38.6 Å². The van der Waals surface area contributed by atoms with Gasteiger partial charge in [-0.15, -0.1) is 0 Å². The highest BCUT2D eigenvalue weighted by atomic mass is 31.2. The van der Waals surface area contributed by atoms with Crippen molar-refractivity contribution in [3.05, 3.63) is 70.8 Å². The Morgan fingerprint density at radius 3 is 2.28 bits per heavy atom. The number of nitrogens with zero attached hydrogens (tertiary/aromatic N) is 2. The van der Waals surface area contributed by atoms with E-state index in [0.29, 0.717) is 4.57 Å². The van der Waals surface area contributed by atoms with Gasteiger partial charge in [0.05, 0.1) is 39.6 Å². The molecule has 0 spiro atoms. The fraction of sp³-hybridized carbons (Fsp3) is 0.419. The van der Waals surface area contributed by atoms with Crippen LogP contribution >= 0.6 is 7.75 Å². The number of nitrogens with one attached hydrogen (secondary N) is 2. The molecule has 272 valence electrons. The number of aliphatic hydroxyl groups is 1. The normalized spacial score (nSPS) is 20.0. The highest BCUT2D eigenvalue weighted by Gasteiger charge is 2.60. The van der Waals surface area contributed by atoms with Crippen molar-refractivity contribution >= 4 is 25.4 Å². The molecule has 4 rings (SSSR count). The van der Waals surface area contributed by atoms with E-state index in [9.17, 15) is 24.1 Å². The molecule has 2 unspecified atom stereocenters. The number of carbonyl (C=O) groups is 2. The number of alkyl halides is 2. The predicted octanol–water partition coefficient (Wildman–Crippen LogP) is 3.55. The number of hydrogen-bond acceptors (Lipinski definition) is 13. The lowest BCUT2D eigenvalue weighted by Crippen LogP contribution is -2.42. The van der Waals surface area contributed by atoms with Crippen LogP contribution in [-0.4, -0.2) is 84.7 Å². The summed E-state index contributed by atoms with van der Waals surface area (Å²) in [4.78, 5) is 42.0. The molecule has 1 aromatic heterocycles. The number of aliphatic hydroxyl groups excluding tert-OH is 1. The number of carbonyl (C=O) groups excluding carboxylic acids is 2. The van der Waals surface area contributed by atoms with Crippen molar-refractivity contribution in [3.8, 4) is 23.0 Å². The van der Waals surface area contributed by atoms with Crippen molar-refractivity contribution < 1.29 is 60.8 Å². The molecule has 1 aliphatic rings. The zero-order valence-corrected chi connectivity index (χ0v) is 28.7. The second-order valence-electron chi connectivity index (χ2n) is 11.0. The minimum absolute atomic E-state index is 0.0121. The summed E-state index contributed by atoms with van der Waals surface area (Å²) in [6.07, 6.45) is -6.38. The van der Waals surface area contributed by atoms with Gasteiger partial charge in [0, 0.05) is 18.3 Å². The zero-order chi connectivity index (χ0) is 36.8. The second kappa shape index (κ2) is 15.9. The van der Waals surface area contributed by atoms with E-state index in [1.54, 1.807) is 32.0 Å². The summed E-state index contributed by atoms with van der Waals surface area (Å²) in [5, 5.41) is 15.3. The summed E-state index contributed by atoms with van der Waals surface area (Å²) in [6.45, 7) is 3.62. The number of amides is 1. The number of halogens is 2. The minimum Gasteiger partial charge on any atom is -0.496 e. The number of esters is 1. The topological polar surface area (TPSA) is 195 Å². The highest BCUT2D eigenvalue weighted by molar-refractivity contribution is 7.52. The molecule has 1 fully saturated rings. The quantitative estimate of drug-likeness (QED) is 0.152. The molecule has 0 radical (unpaired) electrons. The van der Waals surface area contributed by atoms with E-state index < -0.39 is 68.4 Å². The Morgan fingerprint density at radius 1 is 1.04 bits per heavy atom. The third kappa shape index (κ3) is 8.75. The Balaban J connectivity index is 1.51. The van der Waals surface area contributed by atoms with Gasteiger partial charge in [-0.3, -0.25) is 18.7 Å². The fourth-order valence-electron chi connectivity index (χ4n) is 4.66. The first-order valence-corrected chi connectivity index (χ1v) is 16.6. The Bertz CT molecular complexity index is 1780. The average molecular weight is 727 g/mol. The van der Waals surface area contributed by atoms with Gasteiger partial charge in [-0.05, 0) is 39.0 Å². The third-order valence-corrected chi connectivity index (χ3v) is 8.73. The zero-order valence-electron chi connectivity index (χ0n) is 27.8. The van der Waals surface area contributed by atoms with E-state index in [-0.39, 0.29) is 34.4 Å². The van der Waals surface area contributed by atoms with E-state index in [1.807, 2.05) is 0 Å². The SMILES string of the molecule is COc1cc(OC)c(C(=O)Nc2ccn(C3O[C@H](COP(=O)(N[C@H](C)C(=O)OC(C)C)Oc4ccccc4)[C@@H](O)C3(F)F)c(=O)n2)cc1OC. The minimum atomic E-state index is -4.51. The van der Waals surface area contributed by atoms with Crippen LogP contribution in [0, 0.1) is 0 Å². The van der Waals surface area contributed by atoms with Crippen LogP contribution in [0.1, 0.15) is 37.4 Å². The summed E-state index contributed by atoms with van der Waals surface area (Å²) in [5.41, 5.74) is -1.28. The Kier molecular flexibility index (Phi) is 12.2. The van der Waals surface area contributed by atoms with Gasteiger partial charge >= 0.3 is 25.3 Å². The third-order valence-electron chi connectivity index (χ3n) is 7.09. The number of aromatic nitrogens is 2. The summed E-state index contributed by atoms with van der Waals surface area (Å²) in [5.74, 6) is -5.29. The van der Waals surface area contributed by atoms with Crippen LogP contribution in [0.5, 0.6) is 23.0 Å². The Hall–Kier alpha value is -4.61. The number of methoxy groups -OCH3 is 3. The molecule has 2 aromatic carbocycles. The van der Waals surface area contributed by atoms with Gasteiger partial charge in [-0.2, -0.15) is 18.9 Å². The standard InChI is InChI=1S/C31H37F2N4O12P/c1-17(2)47-28(40)18(3)36-50(42,49-19-10-8-7-9-11-19)46-16-24-26(38)31(32,33)29(48-24)37-13-12-25(35-30(37)41)34-27(39)20-14-22(44-5)23(45-6)15-21(20)43-4/h7-15,17-18,24,26,29,38H,16H2,1-6H3,(H,36,42)(H,34,35,39,41)/t18-,24-,26-,29?,50?/m1/s1. The van der Waals surface area contributed by atoms with Crippen LogP contribution in [-0.2, 0) is 23.4 Å². The van der Waals surface area contributed by atoms with E-state index in [2.05, 4.69) is 15.4 Å². The molecular formula is C31H37F2N4O12P. The molecule has 1 amide bonds. The molecule has 5 atom stereocenters. The molecule has 3 aromatic rings. The van der Waals surface area contributed by atoms with Crippen LogP contribution in [0.25, 0.3) is 0 Å². The molecule has 16 nitrogen and oxygen atoms in total. The number of rotatable bonds is 15. The maximum atomic E-state index is 15.4. The van der Waals surface area contributed by atoms with E-state index in [0.717, 1.165) is 12.3 Å². The lowest BCUT2D eigenvalue weighted by Gasteiger charge is -2.25. The van der Waals surface area contributed by atoms with Crippen molar-refractivity contribution in [2.45, 2.75) is 57.3 Å². The smallest absolute Gasteiger partial charge is 0.459 e. The molecule has 0 bridgehead atoms. The summed E-state index contributed by atoms with van der Waals surface area (Å²) >= 11 is 0. The van der Waals surface area contributed by atoms with Crippen LogP contribution in [0.2, 0.25) is 0 Å². The molecule has 50 heavy (non-hydrogen) atoms. The average Bonchev–Trinajstić information content (AvgIpc) is 3.30. The lowest BCUT2D eigenvalue weighted by atomic mass is 10.1. The van der Waals surface area contributed by atoms with Gasteiger partial charge in [-0.1, -0.05) is 18.2 Å². The monoisotopic (exact) mass is 726 g/mol. The first-order chi connectivity index (χ1) is 23.6. The highest BCUT2D eigenvalue weighted by Crippen LogP contribution is 2.48. The predicted molar refractivity (Wildman–Crippen MR) is 172 cm³/mol. The molecule has 2 heterocycles. The number of hydrogen-bond donors (Lipinski definition) is 3. The lowest BCUT2D eigenvalue weighted by molar-refractivity contribution is -0.149. The number of ether oxygens (including phenoxy) is 5. The molecule has 0 aliphatic carbocycles. The van der Waals surface area contributed by atoms with E-state index in [1.165, 1.54) is 52.5 Å². The van der Waals surface area contributed by atoms with Crippen molar-refractivity contribution in [3.63, 3.8) is 0 Å². The Labute approximate surface area is 285 Å². The molecular weight excluding hydrogens is 689 g/mol. The van der Waals surface area contributed by atoms with Crippen molar-refractivity contribution in [2.24, 2.45) is 0 Å². The van der Waals surface area contributed by atoms with Crippen LogP contribution in [0.4, 0.5) is 14.6 Å². The van der Waals surface area contributed by atoms with E-state index in [4.69, 9.17) is 32.7 Å². The largest absolute Gasteiger partial charge is 0.496 e. The van der Waals surface area contributed by atoms with Crippen LogP contribution in [0.3, 0.4) is 0 Å². The van der Waals surface area contributed by atoms with Crippen molar-refractivity contribution in [1.29, 1.82) is 0 Å². The maximum Gasteiger partial charge on any atom is 0.459 e. The van der Waals surface area contributed by atoms with Crippen molar-refractivity contribution in [1.82, 2.24) is 14.6 Å². The van der Waals surface area contributed by atoms with Crippen LogP contribution in [0.15, 0.2) is 59.5 Å².